The summed E-state index contributed by atoms with van der Waals surface area (Å²) in [6.07, 6.45) is 6.33. The topological polar surface area (TPSA) is 45.1 Å². The maximum atomic E-state index is 8.83. The van der Waals surface area contributed by atoms with Gasteiger partial charge in [-0.2, -0.15) is 0 Å². The molecule has 1 heterocycles. The van der Waals surface area contributed by atoms with Crippen LogP contribution in [-0.2, 0) is 0 Å². The molecule has 1 aromatic heterocycles. The van der Waals surface area contributed by atoms with E-state index in [4.69, 9.17) is 5.11 Å². The lowest BCUT2D eigenvalue weighted by Crippen LogP contribution is -2.26. The Bertz CT molecular complexity index is 315. The van der Waals surface area contributed by atoms with Gasteiger partial charge in [-0.1, -0.05) is 13.0 Å². The number of nitrogens with zero attached hydrogens (tertiary/aromatic N) is 1. The Morgan fingerprint density at radius 2 is 2.38 bits per heavy atom. The molecule has 1 aromatic rings. The molecule has 3 nitrogen and oxygen atoms in total. The van der Waals surface area contributed by atoms with Gasteiger partial charge in [0.1, 0.15) is 0 Å². The predicted molar refractivity (Wildman–Crippen MR) is 64.0 cm³/mol. The molecule has 2 N–H and O–H groups in total. The summed E-state index contributed by atoms with van der Waals surface area (Å²) in [6, 6.07) is 4.18. The number of pyridine rings is 1. The fourth-order valence-electron chi connectivity index (χ4n) is 2.95. The fourth-order valence-corrected chi connectivity index (χ4v) is 2.95. The van der Waals surface area contributed by atoms with E-state index in [1.807, 2.05) is 18.5 Å². The van der Waals surface area contributed by atoms with Crippen molar-refractivity contribution in [2.75, 3.05) is 13.3 Å². The summed E-state index contributed by atoms with van der Waals surface area (Å²) < 4.78 is 0. The van der Waals surface area contributed by atoms with Crippen molar-refractivity contribution in [3.63, 3.8) is 0 Å². The Hall–Kier alpha value is -0.930. The summed E-state index contributed by atoms with van der Waals surface area (Å²) in [5.74, 6) is 1.94. The molecule has 88 valence electrons. The molecule has 0 aromatic carbocycles. The van der Waals surface area contributed by atoms with Gasteiger partial charge in [0.25, 0.3) is 0 Å². The molecule has 0 bridgehead atoms. The lowest BCUT2D eigenvalue weighted by Gasteiger charge is -2.23. The molecule has 3 atom stereocenters. The van der Waals surface area contributed by atoms with Gasteiger partial charge >= 0.3 is 0 Å². The summed E-state index contributed by atoms with van der Waals surface area (Å²) in [5, 5.41) is 11.9. The number of aliphatic hydroxyl groups excluding tert-OH is 1. The van der Waals surface area contributed by atoms with Gasteiger partial charge in [0.05, 0.1) is 6.73 Å². The monoisotopic (exact) mass is 220 g/mol. The van der Waals surface area contributed by atoms with E-state index in [1.165, 1.54) is 18.4 Å². The van der Waals surface area contributed by atoms with E-state index in [-0.39, 0.29) is 6.73 Å². The third-order valence-electron chi connectivity index (χ3n) is 3.70. The molecule has 0 saturated heterocycles. The smallest absolute Gasteiger partial charge is 0.0931 e. The predicted octanol–water partition coefficient (Wildman–Crippen LogP) is 1.75. The second kappa shape index (κ2) is 5.41. The van der Waals surface area contributed by atoms with Crippen molar-refractivity contribution in [3.05, 3.63) is 30.1 Å². The van der Waals surface area contributed by atoms with Gasteiger partial charge in [-0.05, 0) is 42.2 Å². The molecule has 3 heteroatoms. The zero-order valence-electron chi connectivity index (χ0n) is 9.76. The molecule has 0 amide bonds. The van der Waals surface area contributed by atoms with E-state index in [9.17, 15) is 0 Å². The van der Waals surface area contributed by atoms with Gasteiger partial charge in [0.15, 0.2) is 0 Å². The second-order valence-electron chi connectivity index (χ2n) is 4.74. The minimum absolute atomic E-state index is 0.0740. The SMILES string of the molecule is C[C@@H]1CCC(CNCO)C1c1cccnc1. The second-order valence-corrected chi connectivity index (χ2v) is 4.74. The van der Waals surface area contributed by atoms with Gasteiger partial charge in [0.2, 0.25) is 0 Å². The Morgan fingerprint density at radius 1 is 1.50 bits per heavy atom. The van der Waals surface area contributed by atoms with Gasteiger partial charge in [0, 0.05) is 18.9 Å². The van der Waals surface area contributed by atoms with Gasteiger partial charge in [-0.25, -0.2) is 0 Å². The average molecular weight is 220 g/mol. The Balaban J connectivity index is 2.10. The number of hydrogen-bond acceptors (Lipinski definition) is 3. The van der Waals surface area contributed by atoms with Crippen LogP contribution in [0.4, 0.5) is 0 Å². The van der Waals surface area contributed by atoms with Crippen LogP contribution in [0.3, 0.4) is 0 Å². The van der Waals surface area contributed by atoms with Crippen LogP contribution in [0.25, 0.3) is 0 Å². The molecule has 1 aliphatic carbocycles. The first-order valence-electron chi connectivity index (χ1n) is 6.04. The van der Waals surface area contributed by atoms with Crippen LogP contribution in [0, 0.1) is 11.8 Å². The van der Waals surface area contributed by atoms with Gasteiger partial charge in [-0.15, -0.1) is 0 Å². The number of hydrogen-bond donors (Lipinski definition) is 2. The first-order chi connectivity index (χ1) is 7.83. The molecular formula is C13H20N2O. The summed E-state index contributed by atoms with van der Waals surface area (Å²) in [6.45, 7) is 3.29. The molecule has 1 fully saturated rings. The summed E-state index contributed by atoms with van der Waals surface area (Å²) in [4.78, 5) is 4.21. The van der Waals surface area contributed by atoms with Crippen molar-refractivity contribution in [1.82, 2.24) is 10.3 Å². The number of rotatable bonds is 4. The van der Waals surface area contributed by atoms with Crippen LogP contribution in [0.1, 0.15) is 31.2 Å². The third-order valence-corrected chi connectivity index (χ3v) is 3.70. The Labute approximate surface area is 96.9 Å². The molecule has 1 saturated carbocycles. The third kappa shape index (κ3) is 2.42. The molecule has 1 aliphatic rings. The molecule has 16 heavy (non-hydrogen) atoms. The van der Waals surface area contributed by atoms with Gasteiger partial charge < -0.3 is 5.11 Å². The van der Waals surface area contributed by atoms with Crippen molar-refractivity contribution in [2.45, 2.75) is 25.7 Å². The molecule has 2 rings (SSSR count). The lowest BCUT2D eigenvalue weighted by atomic mass is 9.85. The normalized spacial score (nSPS) is 29.5. The number of aromatic nitrogens is 1. The first kappa shape index (κ1) is 11.6. The quantitative estimate of drug-likeness (QED) is 0.760. The molecule has 2 unspecified atom stereocenters. The number of aliphatic hydroxyl groups is 1. The minimum Gasteiger partial charge on any atom is -0.381 e. The van der Waals surface area contributed by atoms with Crippen LogP contribution in [0.2, 0.25) is 0 Å². The molecular weight excluding hydrogens is 200 g/mol. The van der Waals surface area contributed by atoms with Crippen LogP contribution >= 0.6 is 0 Å². The minimum atomic E-state index is 0.0740. The maximum Gasteiger partial charge on any atom is 0.0931 e. The van der Waals surface area contributed by atoms with E-state index in [0.717, 1.165) is 12.5 Å². The van der Waals surface area contributed by atoms with Gasteiger partial charge in [-0.3, -0.25) is 10.3 Å². The van der Waals surface area contributed by atoms with E-state index in [1.54, 1.807) is 0 Å². The van der Waals surface area contributed by atoms with E-state index in [0.29, 0.717) is 11.8 Å². The first-order valence-corrected chi connectivity index (χ1v) is 6.04. The van der Waals surface area contributed by atoms with Crippen molar-refractivity contribution in [1.29, 1.82) is 0 Å². The van der Waals surface area contributed by atoms with Crippen LogP contribution in [-0.4, -0.2) is 23.4 Å². The van der Waals surface area contributed by atoms with E-state index in [2.05, 4.69) is 23.3 Å². The standard InChI is InChI=1S/C13H20N2O/c1-10-4-5-12(8-15-9-16)13(10)11-3-2-6-14-7-11/h2-3,6-7,10,12-13,15-16H,4-5,8-9H2,1H3/t10-,12?,13?/m1/s1. The largest absolute Gasteiger partial charge is 0.381 e. The zero-order chi connectivity index (χ0) is 11.4. The van der Waals surface area contributed by atoms with E-state index < -0.39 is 0 Å². The van der Waals surface area contributed by atoms with Crippen LogP contribution in [0.15, 0.2) is 24.5 Å². The van der Waals surface area contributed by atoms with Crippen LogP contribution in [0.5, 0.6) is 0 Å². The summed E-state index contributed by atoms with van der Waals surface area (Å²) >= 11 is 0. The highest BCUT2D eigenvalue weighted by Crippen LogP contribution is 2.43. The van der Waals surface area contributed by atoms with Crippen LogP contribution < -0.4 is 5.32 Å². The summed E-state index contributed by atoms with van der Waals surface area (Å²) in [7, 11) is 0. The molecule has 0 spiro atoms. The fraction of sp³-hybridized carbons (Fsp3) is 0.615. The number of nitrogens with one attached hydrogen (secondary N) is 1. The Kier molecular flexibility index (Phi) is 3.91. The highest BCUT2D eigenvalue weighted by atomic mass is 16.3. The average Bonchev–Trinajstić information content (AvgIpc) is 2.69. The molecule has 0 aliphatic heterocycles. The Morgan fingerprint density at radius 3 is 3.06 bits per heavy atom. The van der Waals surface area contributed by atoms with E-state index >= 15 is 0 Å². The maximum absolute atomic E-state index is 8.83. The highest BCUT2D eigenvalue weighted by molar-refractivity contribution is 5.18. The summed E-state index contributed by atoms with van der Waals surface area (Å²) in [5.41, 5.74) is 1.34. The lowest BCUT2D eigenvalue weighted by molar-refractivity contribution is 0.245. The van der Waals surface area contributed by atoms with Crippen molar-refractivity contribution < 1.29 is 5.11 Å². The van der Waals surface area contributed by atoms with Crippen molar-refractivity contribution >= 4 is 0 Å². The van der Waals surface area contributed by atoms with Crippen molar-refractivity contribution in [3.8, 4) is 0 Å². The van der Waals surface area contributed by atoms with Crippen molar-refractivity contribution in [2.24, 2.45) is 11.8 Å². The molecule has 0 radical (unpaired) electrons. The highest BCUT2D eigenvalue weighted by Gasteiger charge is 2.33. The zero-order valence-corrected chi connectivity index (χ0v) is 9.76.